The number of aromatic amines is 1. The van der Waals surface area contributed by atoms with E-state index in [0.29, 0.717) is 15.9 Å². The average molecular weight is 658 g/mol. The molecular weight excluding hydrogens is 627 g/mol. The number of amides is 1. The van der Waals surface area contributed by atoms with E-state index in [4.69, 9.17) is 14.2 Å². The quantitative estimate of drug-likeness (QED) is 0.137. The zero-order valence-electron chi connectivity index (χ0n) is 24.8. The Labute approximate surface area is 263 Å². The van der Waals surface area contributed by atoms with E-state index in [1.165, 1.54) is 18.2 Å². The van der Waals surface area contributed by atoms with Gasteiger partial charge in [0.25, 0.3) is 15.9 Å². The Morgan fingerprint density at radius 2 is 1.67 bits per heavy atom. The Morgan fingerprint density at radius 3 is 2.30 bits per heavy atom. The molecule has 0 saturated heterocycles. The predicted octanol–water partition coefficient (Wildman–Crippen LogP) is 6.38. The second-order valence-corrected chi connectivity index (χ2v) is 12.5. The first kappa shape index (κ1) is 32.5. The maximum atomic E-state index is 14.0. The summed E-state index contributed by atoms with van der Waals surface area (Å²) in [6.45, 7) is 3.75. The number of benzene rings is 3. The topological polar surface area (TPSA) is 128 Å². The number of hydrogen-bond donors (Lipinski definition) is 1. The van der Waals surface area contributed by atoms with Gasteiger partial charge in [-0.1, -0.05) is 74.5 Å². The van der Waals surface area contributed by atoms with Crippen molar-refractivity contribution in [1.29, 1.82) is 0 Å². The van der Waals surface area contributed by atoms with E-state index in [1.807, 2.05) is 35.4 Å². The van der Waals surface area contributed by atoms with Gasteiger partial charge in [0.2, 0.25) is 12.1 Å². The fourth-order valence-corrected chi connectivity index (χ4v) is 6.52. The highest BCUT2D eigenvalue weighted by Crippen LogP contribution is 2.43. The molecule has 4 aromatic rings. The van der Waals surface area contributed by atoms with Crippen molar-refractivity contribution in [3.05, 3.63) is 107 Å². The SMILES string of the molecule is CC(C)c1cc(OCCCC(=O)OCc2ccccc2)cc2c1C(=O)N(C(Oc1cc(C(F)(F)F)[nH]n1)c1ccccc1)S2(=O)=O. The minimum Gasteiger partial charge on any atom is -0.494 e. The lowest BCUT2D eigenvalue weighted by atomic mass is 9.96. The number of aromatic nitrogens is 2. The fraction of sp³-hybridized carbons (Fsp3) is 0.281. The number of carbonyl (C=O) groups is 2. The van der Waals surface area contributed by atoms with Gasteiger partial charge in [0.05, 0.1) is 12.2 Å². The summed E-state index contributed by atoms with van der Waals surface area (Å²) in [6.07, 6.45) is -6.08. The van der Waals surface area contributed by atoms with Crippen molar-refractivity contribution in [2.75, 3.05) is 6.61 Å². The van der Waals surface area contributed by atoms with Crippen LogP contribution in [-0.2, 0) is 32.3 Å². The molecule has 5 rings (SSSR count). The van der Waals surface area contributed by atoms with Crippen LogP contribution in [0, 0.1) is 0 Å². The van der Waals surface area contributed by atoms with Crippen LogP contribution in [0.5, 0.6) is 11.6 Å². The minimum atomic E-state index is -4.76. The second kappa shape index (κ2) is 13.3. The molecule has 1 unspecified atom stereocenters. The van der Waals surface area contributed by atoms with Crippen LogP contribution in [0.15, 0.2) is 83.8 Å². The zero-order valence-corrected chi connectivity index (χ0v) is 25.6. The average Bonchev–Trinajstić information content (AvgIpc) is 3.58. The van der Waals surface area contributed by atoms with Crippen LogP contribution in [-0.4, -0.2) is 41.4 Å². The third-order valence-electron chi connectivity index (χ3n) is 7.11. The molecule has 1 aromatic heterocycles. The molecule has 0 bridgehead atoms. The maximum Gasteiger partial charge on any atom is 0.432 e. The van der Waals surface area contributed by atoms with Gasteiger partial charge in [-0.05, 0) is 29.5 Å². The van der Waals surface area contributed by atoms with Gasteiger partial charge in [0.15, 0.2) is 0 Å². The molecule has 2 heterocycles. The predicted molar refractivity (Wildman–Crippen MR) is 158 cm³/mol. The van der Waals surface area contributed by atoms with Gasteiger partial charge in [-0.15, -0.1) is 5.10 Å². The van der Waals surface area contributed by atoms with Gasteiger partial charge >= 0.3 is 12.1 Å². The normalized spacial score (nSPS) is 14.7. The number of nitrogens with one attached hydrogen (secondary N) is 1. The molecule has 0 aliphatic carbocycles. The first-order chi connectivity index (χ1) is 21.9. The molecule has 10 nitrogen and oxygen atoms in total. The van der Waals surface area contributed by atoms with Gasteiger partial charge in [-0.2, -0.15) is 17.5 Å². The van der Waals surface area contributed by atoms with Crippen molar-refractivity contribution in [2.45, 2.75) is 56.5 Å². The third kappa shape index (κ3) is 7.01. The molecule has 0 radical (unpaired) electrons. The molecule has 1 aliphatic rings. The number of rotatable bonds is 12. The van der Waals surface area contributed by atoms with Crippen LogP contribution in [0.4, 0.5) is 13.2 Å². The van der Waals surface area contributed by atoms with Crippen LogP contribution in [0.3, 0.4) is 0 Å². The van der Waals surface area contributed by atoms with Gasteiger partial charge < -0.3 is 14.2 Å². The number of alkyl halides is 3. The Bertz CT molecular complexity index is 1810. The zero-order chi connectivity index (χ0) is 33.1. The fourth-order valence-electron chi connectivity index (χ4n) is 4.85. The van der Waals surface area contributed by atoms with Crippen LogP contribution < -0.4 is 9.47 Å². The number of nitrogens with zero attached hydrogens (tertiary/aromatic N) is 2. The lowest BCUT2D eigenvalue weighted by Gasteiger charge is -2.26. The molecule has 0 saturated carbocycles. The number of carbonyl (C=O) groups excluding carboxylic acids is 2. The van der Waals surface area contributed by atoms with E-state index < -0.39 is 45.9 Å². The van der Waals surface area contributed by atoms with Crippen LogP contribution in [0.2, 0.25) is 0 Å². The molecule has 14 heteroatoms. The molecule has 1 amide bonds. The Kier molecular flexibility index (Phi) is 9.37. The minimum absolute atomic E-state index is 0.0604. The number of hydrogen-bond acceptors (Lipinski definition) is 8. The third-order valence-corrected chi connectivity index (χ3v) is 8.86. The van der Waals surface area contributed by atoms with Crippen molar-refractivity contribution in [3.63, 3.8) is 0 Å². The van der Waals surface area contributed by atoms with E-state index >= 15 is 0 Å². The number of ether oxygens (including phenoxy) is 3. The number of H-pyrrole nitrogens is 1. The Hall–Kier alpha value is -4.85. The van der Waals surface area contributed by atoms with E-state index in [-0.39, 0.29) is 53.7 Å². The number of sulfonamides is 1. The number of fused-ring (bicyclic) bond motifs is 1. The van der Waals surface area contributed by atoms with Gasteiger partial charge in [0.1, 0.15) is 22.9 Å². The highest BCUT2D eigenvalue weighted by atomic mass is 32.2. The molecule has 1 N–H and O–H groups in total. The molecule has 242 valence electrons. The first-order valence-corrected chi connectivity index (χ1v) is 15.7. The summed E-state index contributed by atoms with van der Waals surface area (Å²) < 4.78 is 84.9. The van der Waals surface area contributed by atoms with E-state index in [9.17, 15) is 31.2 Å². The monoisotopic (exact) mass is 657 g/mol. The summed E-state index contributed by atoms with van der Waals surface area (Å²) >= 11 is 0. The smallest absolute Gasteiger partial charge is 0.432 e. The highest BCUT2D eigenvalue weighted by Gasteiger charge is 2.49. The van der Waals surface area contributed by atoms with Crippen molar-refractivity contribution < 1.29 is 45.4 Å². The Morgan fingerprint density at radius 1 is 1.00 bits per heavy atom. The summed E-state index contributed by atoms with van der Waals surface area (Å²) in [5, 5.41) is 5.35. The molecule has 1 aliphatic heterocycles. The molecular formula is C32H30F3N3O7S. The van der Waals surface area contributed by atoms with Gasteiger partial charge in [-0.25, -0.2) is 8.42 Å². The van der Waals surface area contributed by atoms with Crippen molar-refractivity contribution >= 4 is 21.9 Å². The number of esters is 1. The lowest BCUT2D eigenvalue weighted by molar-refractivity contribution is -0.145. The van der Waals surface area contributed by atoms with Crippen LogP contribution in [0.25, 0.3) is 0 Å². The molecule has 46 heavy (non-hydrogen) atoms. The van der Waals surface area contributed by atoms with E-state index in [0.717, 1.165) is 5.56 Å². The molecule has 1 atom stereocenters. The summed E-state index contributed by atoms with van der Waals surface area (Å²) in [5.41, 5.74) is 0.129. The summed E-state index contributed by atoms with van der Waals surface area (Å²) in [4.78, 5) is 25.7. The molecule has 3 aromatic carbocycles. The van der Waals surface area contributed by atoms with Gasteiger partial charge in [0, 0.05) is 24.1 Å². The maximum absolute atomic E-state index is 14.0. The standard InChI is InChI=1S/C32H30F3N3O7S/c1-20(2)24-16-23(43-15-9-14-28(39)44-19-21-10-5-3-6-11-21)17-25-29(24)30(40)38(46(25,41)42)31(22-12-7-4-8-13-22)45-27-18-26(36-37-27)32(33,34)35/h3-8,10-13,16-18,20,31H,9,14-15,19H2,1-2H3,(H,36,37). The second-order valence-electron chi connectivity index (χ2n) is 10.7. The van der Waals surface area contributed by atoms with Crippen molar-refractivity contribution in [1.82, 2.24) is 14.5 Å². The largest absolute Gasteiger partial charge is 0.494 e. The summed E-state index contributed by atoms with van der Waals surface area (Å²) in [6, 6.07) is 20.3. The molecule has 0 fully saturated rings. The summed E-state index contributed by atoms with van der Waals surface area (Å²) in [5.74, 6) is -2.04. The number of halogens is 3. The van der Waals surface area contributed by atoms with Crippen molar-refractivity contribution in [3.8, 4) is 11.6 Å². The van der Waals surface area contributed by atoms with E-state index in [1.54, 1.807) is 38.1 Å². The first-order valence-electron chi connectivity index (χ1n) is 14.3. The van der Waals surface area contributed by atoms with Crippen LogP contribution in [0.1, 0.15) is 71.6 Å². The van der Waals surface area contributed by atoms with Crippen LogP contribution >= 0.6 is 0 Å². The summed E-state index contributed by atoms with van der Waals surface area (Å²) in [7, 11) is -4.60. The Balaban J connectivity index is 1.37. The lowest BCUT2D eigenvalue weighted by Crippen LogP contribution is -2.37. The highest BCUT2D eigenvalue weighted by molar-refractivity contribution is 7.90. The molecule has 0 spiro atoms. The van der Waals surface area contributed by atoms with Crippen molar-refractivity contribution in [2.24, 2.45) is 0 Å². The van der Waals surface area contributed by atoms with E-state index in [2.05, 4.69) is 5.10 Å². The van der Waals surface area contributed by atoms with Gasteiger partial charge in [-0.3, -0.25) is 14.7 Å².